The highest BCUT2D eigenvalue weighted by atomic mass is 16.5. The normalized spacial score (nSPS) is 10.2. The molecule has 7 heteroatoms. The second-order valence-corrected chi connectivity index (χ2v) is 3.45. The highest BCUT2D eigenvalue weighted by Crippen LogP contribution is 2.06. The van der Waals surface area contributed by atoms with E-state index in [2.05, 4.69) is 5.16 Å². The Morgan fingerprint density at radius 2 is 2.29 bits per heavy atom. The summed E-state index contributed by atoms with van der Waals surface area (Å²) in [5, 5.41) is 12.3. The molecule has 7 nitrogen and oxygen atoms in total. The van der Waals surface area contributed by atoms with E-state index in [1.807, 2.05) is 0 Å². The standard InChI is InChI=1S/C10H14N2O5/c1-7-5-8(17-11-7)10(15)12(3-4-16-2)6-9(13)14/h5H,3-4,6H2,1-2H3,(H,13,14). The second kappa shape index (κ2) is 6.00. The van der Waals surface area contributed by atoms with Crippen LogP contribution in [0.2, 0.25) is 0 Å². The van der Waals surface area contributed by atoms with Gasteiger partial charge in [0, 0.05) is 19.7 Å². The molecule has 0 atom stereocenters. The van der Waals surface area contributed by atoms with Gasteiger partial charge in [-0.05, 0) is 6.92 Å². The average Bonchev–Trinajstić information content (AvgIpc) is 2.69. The molecule has 0 aromatic carbocycles. The quantitative estimate of drug-likeness (QED) is 0.763. The zero-order valence-electron chi connectivity index (χ0n) is 9.67. The fourth-order valence-electron chi connectivity index (χ4n) is 1.24. The first kappa shape index (κ1) is 13.2. The molecule has 1 amide bonds. The van der Waals surface area contributed by atoms with E-state index in [9.17, 15) is 9.59 Å². The van der Waals surface area contributed by atoms with Gasteiger partial charge in [0.15, 0.2) is 0 Å². The maximum Gasteiger partial charge on any atom is 0.323 e. The van der Waals surface area contributed by atoms with Gasteiger partial charge in [0.05, 0.1) is 12.3 Å². The van der Waals surface area contributed by atoms with Gasteiger partial charge in [-0.25, -0.2) is 0 Å². The lowest BCUT2D eigenvalue weighted by Crippen LogP contribution is -2.37. The van der Waals surface area contributed by atoms with Gasteiger partial charge >= 0.3 is 5.97 Å². The number of amides is 1. The van der Waals surface area contributed by atoms with E-state index in [0.29, 0.717) is 5.69 Å². The summed E-state index contributed by atoms with van der Waals surface area (Å²) >= 11 is 0. The van der Waals surface area contributed by atoms with Crippen LogP contribution in [0.5, 0.6) is 0 Å². The zero-order chi connectivity index (χ0) is 12.8. The number of aryl methyl sites for hydroxylation is 1. The maximum atomic E-state index is 11.9. The van der Waals surface area contributed by atoms with Crippen LogP contribution in [0.3, 0.4) is 0 Å². The molecule has 0 spiro atoms. The molecule has 1 aromatic heterocycles. The Balaban J connectivity index is 2.74. The molecular weight excluding hydrogens is 228 g/mol. The third-order valence-corrected chi connectivity index (χ3v) is 2.02. The number of hydrogen-bond acceptors (Lipinski definition) is 5. The van der Waals surface area contributed by atoms with Crippen LogP contribution in [-0.4, -0.2) is 53.8 Å². The first-order valence-electron chi connectivity index (χ1n) is 4.98. The predicted molar refractivity (Wildman–Crippen MR) is 56.7 cm³/mol. The number of methoxy groups -OCH3 is 1. The summed E-state index contributed by atoms with van der Waals surface area (Å²) in [6, 6.07) is 1.46. The Kier molecular flexibility index (Phi) is 4.65. The summed E-state index contributed by atoms with van der Waals surface area (Å²) in [4.78, 5) is 23.6. The number of rotatable bonds is 6. The highest BCUT2D eigenvalue weighted by Gasteiger charge is 2.21. The number of aliphatic carboxylic acids is 1. The van der Waals surface area contributed by atoms with Crippen molar-refractivity contribution in [3.05, 3.63) is 17.5 Å². The predicted octanol–water partition coefficient (Wildman–Crippen LogP) is 0.156. The van der Waals surface area contributed by atoms with Crippen LogP contribution in [-0.2, 0) is 9.53 Å². The fourth-order valence-corrected chi connectivity index (χ4v) is 1.24. The molecule has 0 fully saturated rings. The molecule has 1 N–H and O–H groups in total. The Hall–Kier alpha value is -1.89. The van der Waals surface area contributed by atoms with Crippen molar-refractivity contribution >= 4 is 11.9 Å². The molecule has 1 aromatic rings. The molecule has 0 aliphatic rings. The van der Waals surface area contributed by atoms with Crippen molar-refractivity contribution in [1.82, 2.24) is 10.1 Å². The molecule has 0 aliphatic carbocycles. The van der Waals surface area contributed by atoms with E-state index in [4.69, 9.17) is 14.4 Å². The number of carbonyl (C=O) groups excluding carboxylic acids is 1. The SMILES string of the molecule is COCCN(CC(=O)O)C(=O)c1cc(C)no1. The van der Waals surface area contributed by atoms with Gasteiger partial charge < -0.3 is 19.3 Å². The Morgan fingerprint density at radius 3 is 2.76 bits per heavy atom. The van der Waals surface area contributed by atoms with Gasteiger partial charge in [-0.3, -0.25) is 9.59 Å². The summed E-state index contributed by atoms with van der Waals surface area (Å²) in [6.45, 7) is 1.71. The van der Waals surface area contributed by atoms with E-state index in [1.54, 1.807) is 6.92 Å². The van der Waals surface area contributed by atoms with E-state index in [-0.39, 0.29) is 18.9 Å². The van der Waals surface area contributed by atoms with Crippen LogP contribution in [0, 0.1) is 6.92 Å². The highest BCUT2D eigenvalue weighted by molar-refractivity contribution is 5.93. The molecule has 0 unspecified atom stereocenters. The molecule has 1 heterocycles. The van der Waals surface area contributed by atoms with Crippen molar-refractivity contribution in [2.45, 2.75) is 6.92 Å². The van der Waals surface area contributed by atoms with Gasteiger partial charge in [-0.1, -0.05) is 5.16 Å². The summed E-state index contributed by atoms with van der Waals surface area (Å²) in [7, 11) is 1.47. The van der Waals surface area contributed by atoms with Gasteiger partial charge in [0.2, 0.25) is 5.76 Å². The van der Waals surface area contributed by atoms with E-state index < -0.39 is 18.4 Å². The van der Waals surface area contributed by atoms with Crippen molar-refractivity contribution in [3.63, 3.8) is 0 Å². The number of ether oxygens (including phenoxy) is 1. The first-order chi connectivity index (χ1) is 8.04. The van der Waals surface area contributed by atoms with Crippen LogP contribution in [0.4, 0.5) is 0 Å². The van der Waals surface area contributed by atoms with Crippen LogP contribution >= 0.6 is 0 Å². The first-order valence-corrected chi connectivity index (χ1v) is 4.98. The van der Waals surface area contributed by atoms with Crippen molar-refractivity contribution in [2.24, 2.45) is 0 Å². The molecule has 17 heavy (non-hydrogen) atoms. The number of carbonyl (C=O) groups is 2. The minimum atomic E-state index is -1.09. The van der Waals surface area contributed by atoms with Crippen molar-refractivity contribution in [3.8, 4) is 0 Å². The summed E-state index contributed by atoms with van der Waals surface area (Å²) in [6.07, 6.45) is 0. The van der Waals surface area contributed by atoms with E-state index in [0.717, 1.165) is 4.90 Å². The topological polar surface area (TPSA) is 92.9 Å². The lowest BCUT2D eigenvalue weighted by Gasteiger charge is -2.18. The summed E-state index contributed by atoms with van der Waals surface area (Å²) in [5.41, 5.74) is 0.565. The molecule has 1 rings (SSSR count). The largest absolute Gasteiger partial charge is 0.480 e. The van der Waals surface area contributed by atoms with Crippen molar-refractivity contribution < 1.29 is 24.0 Å². The van der Waals surface area contributed by atoms with Gasteiger partial charge in [-0.2, -0.15) is 0 Å². The fraction of sp³-hybridized carbons (Fsp3) is 0.500. The number of nitrogens with zero attached hydrogens (tertiary/aromatic N) is 2. The zero-order valence-corrected chi connectivity index (χ0v) is 9.67. The Morgan fingerprint density at radius 1 is 1.59 bits per heavy atom. The summed E-state index contributed by atoms with van der Waals surface area (Å²) < 4.78 is 9.61. The van der Waals surface area contributed by atoms with Crippen molar-refractivity contribution in [2.75, 3.05) is 26.8 Å². The minimum Gasteiger partial charge on any atom is -0.480 e. The third kappa shape index (κ3) is 3.87. The molecule has 0 bridgehead atoms. The van der Waals surface area contributed by atoms with Crippen molar-refractivity contribution in [1.29, 1.82) is 0 Å². The molecular formula is C10H14N2O5. The van der Waals surface area contributed by atoms with Crippen LogP contribution < -0.4 is 0 Å². The van der Waals surface area contributed by atoms with Gasteiger partial charge in [0.25, 0.3) is 5.91 Å². The monoisotopic (exact) mass is 242 g/mol. The lowest BCUT2D eigenvalue weighted by atomic mass is 10.3. The smallest absolute Gasteiger partial charge is 0.323 e. The Bertz CT molecular complexity index is 401. The van der Waals surface area contributed by atoms with Crippen LogP contribution in [0.25, 0.3) is 0 Å². The number of aromatic nitrogens is 1. The summed E-state index contributed by atoms with van der Waals surface area (Å²) in [5.74, 6) is -1.57. The number of hydrogen-bond donors (Lipinski definition) is 1. The van der Waals surface area contributed by atoms with Crippen LogP contribution in [0.1, 0.15) is 16.2 Å². The molecule has 0 saturated carbocycles. The van der Waals surface area contributed by atoms with Gasteiger partial charge in [-0.15, -0.1) is 0 Å². The Labute approximate surface area is 97.9 Å². The second-order valence-electron chi connectivity index (χ2n) is 3.45. The average molecular weight is 242 g/mol. The molecule has 0 saturated heterocycles. The van der Waals surface area contributed by atoms with Gasteiger partial charge in [0.1, 0.15) is 6.54 Å². The van der Waals surface area contributed by atoms with Crippen LogP contribution in [0.15, 0.2) is 10.6 Å². The minimum absolute atomic E-state index is 0.0276. The van der Waals surface area contributed by atoms with E-state index >= 15 is 0 Å². The molecule has 94 valence electrons. The number of carboxylic acids is 1. The lowest BCUT2D eigenvalue weighted by molar-refractivity contribution is -0.137. The maximum absolute atomic E-state index is 11.9. The molecule has 0 aliphatic heterocycles. The third-order valence-electron chi connectivity index (χ3n) is 2.02. The number of carboxylic acid groups (broad SMARTS) is 1. The molecule has 0 radical (unpaired) electrons. The van der Waals surface area contributed by atoms with E-state index in [1.165, 1.54) is 13.2 Å².